The first-order valence-corrected chi connectivity index (χ1v) is 2.88. The Morgan fingerprint density at radius 3 is 3.55 bits per heavy atom. The molecule has 60 valence electrons. The SMILES string of the molecule is [2H]C([2H])([2H])C([2H])([2H])C([2H])([2H])Oc1ccnc(N)c1. The quantitative estimate of drug-likeness (QED) is 0.726. The van der Waals surface area contributed by atoms with Gasteiger partial charge in [-0.25, -0.2) is 4.98 Å². The zero-order chi connectivity index (χ0) is 14.2. The van der Waals surface area contributed by atoms with Crippen LogP contribution in [0.4, 0.5) is 5.82 Å². The molecular weight excluding hydrogens is 140 g/mol. The van der Waals surface area contributed by atoms with Crippen molar-refractivity contribution in [1.29, 1.82) is 0 Å². The molecular formula is C8H12N2O. The fraction of sp³-hybridized carbons (Fsp3) is 0.375. The Balaban J connectivity index is 3.01. The predicted octanol–water partition coefficient (Wildman–Crippen LogP) is 1.45. The standard InChI is InChI=1S/C8H12N2O/c1-2-5-11-7-3-4-10-8(9)6-7/h3-4,6H,2,5H2,1H3,(H2,9,10)/i1D3,2D2,5D2. The molecule has 0 fully saturated rings. The summed E-state index contributed by atoms with van der Waals surface area (Å²) in [6.07, 6.45) is -1.93. The van der Waals surface area contributed by atoms with Crippen LogP contribution in [-0.4, -0.2) is 11.5 Å². The van der Waals surface area contributed by atoms with Crippen LogP contribution in [0.5, 0.6) is 5.75 Å². The molecule has 0 radical (unpaired) electrons. The second-order valence-corrected chi connectivity index (χ2v) is 1.75. The van der Waals surface area contributed by atoms with Gasteiger partial charge in [0.1, 0.15) is 11.6 Å². The summed E-state index contributed by atoms with van der Waals surface area (Å²) in [6.45, 7) is -6.19. The molecule has 0 saturated carbocycles. The largest absolute Gasteiger partial charge is 0.493 e. The van der Waals surface area contributed by atoms with Crippen LogP contribution in [0.25, 0.3) is 0 Å². The minimum absolute atomic E-state index is 0.0535. The Labute approximate surface area is 76.0 Å². The Kier molecular flexibility index (Phi) is 0.921. The van der Waals surface area contributed by atoms with Gasteiger partial charge in [-0.05, 0) is 12.4 Å². The molecule has 1 rings (SSSR count). The van der Waals surface area contributed by atoms with Crippen molar-refractivity contribution < 1.29 is 14.3 Å². The number of pyridine rings is 1. The molecule has 0 bridgehead atoms. The maximum Gasteiger partial charge on any atom is 0.126 e. The lowest BCUT2D eigenvalue weighted by Crippen LogP contribution is -1.96. The van der Waals surface area contributed by atoms with E-state index in [1.807, 2.05) is 0 Å². The van der Waals surface area contributed by atoms with Crippen molar-refractivity contribution in [2.45, 2.75) is 13.2 Å². The van der Waals surface area contributed by atoms with Crippen molar-refractivity contribution >= 4 is 5.82 Å². The topological polar surface area (TPSA) is 48.1 Å². The van der Waals surface area contributed by atoms with Crippen LogP contribution in [0.3, 0.4) is 0 Å². The zero-order valence-electron chi connectivity index (χ0n) is 12.7. The van der Waals surface area contributed by atoms with Crippen molar-refractivity contribution in [3.05, 3.63) is 18.3 Å². The highest BCUT2D eigenvalue weighted by molar-refractivity contribution is 5.35. The summed E-state index contributed by atoms with van der Waals surface area (Å²) < 4.78 is 55.3. The van der Waals surface area contributed by atoms with E-state index in [0.29, 0.717) is 0 Å². The van der Waals surface area contributed by atoms with Crippen LogP contribution in [0.1, 0.15) is 22.8 Å². The Hall–Kier alpha value is -1.25. The van der Waals surface area contributed by atoms with Crippen LogP contribution in [-0.2, 0) is 0 Å². The van der Waals surface area contributed by atoms with Gasteiger partial charge >= 0.3 is 0 Å². The van der Waals surface area contributed by atoms with Gasteiger partial charge in [-0.3, -0.25) is 0 Å². The smallest absolute Gasteiger partial charge is 0.126 e. The molecule has 2 N–H and O–H groups in total. The van der Waals surface area contributed by atoms with E-state index in [-0.39, 0.29) is 11.6 Å². The molecule has 11 heavy (non-hydrogen) atoms. The zero-order valence-corrected chi connectivity index (χ0v) is 5.66. The summed E-state index contributed by atoms with van der Waals surface area (Å²) in [7, 11) is 0. The highest BCUT2D eigenvalue weighted by Crippen LogP contribution is 2.11. The summed E-state index contributed by atoms with van der Waals surface area (Å²) in [5.41, 5.74) is 5.35. The average Bonchev–Trinajstić information content (AvgIpc) is 2.14. The lowest BCUT2D eigenvalue weighted by Gasteiger charge is -2.03. The minimum atomic E-state index is -3.17. The van der Waals surface area contributed by atoms with Crippen LogP contribution in [0.2, 0.25) is 0 Å². The second kappa shape index (κ2) is 3.81. The maximum absolute atomic E-state index is 7.44. The van der Waals surface area contributed by atoms with Gasteiger partial charge in [-0.1, -0.05) is 6.85 Å². The summed E-state index contributed by atoms with van der Waals surface area (Å²) >= 11 is 0. The third kappa shape index (κ3) is 2.45. The van der Waals surface area contributed by atoms with Gasteiger partial charge < -0.3 is 10.5 Å². The highest BCUT2D eigenvalue weighted by Gasteiger charge is 1.92. The van der Waals surface area contributed by atoms with Crippen LogP contribution < -0.4 is 10.5 Å². The normalized spacial score (nSPS) is 22.7. The van der Waals surface area contributed by atoms with Gasteiger partial charge in [0, 0.05) is 19.1 Å². The molecule has 0 unspecified atom stereocenters. The van der Waals surface area contributed by atoms with Crippen LogP contribution in [0.15, 0.2) is 18.3 Å². The average molecular weight is 159 g/mol. The first kappa shape index (κ1) is 2.66. The lowest BCUT2D eigenvalue weighted by molar-refractivity contribution is 0.317. The number of ether oxygens (including phenoxy) is 1. The van der Waals surface area contributed by atoms with Gasteiger partial charge in [0.2, 0.25) is 0 Å². The molecule has 0 aromatic carbocycles. The van der Waals surface area contributed by atoms with E-state index in [9.17, 15) is 0 Å². The number of anilines is 1. The first-order valence-electron chi connectivity index (χ1n) is 6.38. The van der Waals surface area contributed by atoms with E-state index in [4.69, 9.17) is 20.1 Å². The van der Waals surface area contributed by atoms with Gasteiger partial charge in [0.05, 0.1) is 9.30 Å². The Bertz CT molecular complexity index is 432. The molecule has 0 spiro atoms. The lowest BCUT2D eigenvalue weighted by atomic mass is 10.4. The fourth-order valence-electron chi connectivity index (χ4n) is 0.576. The third-order valence-corrected chi connectivity index (χ3v) is 0.972. The number of nitrogens with two attached hydrogens (primary N) is 1. The van der Waals surface area contributed by atoms with Crippen LogP contribution >= 0.6 is 0 Å². The molecule has 0 saturated heterocycles. The summed E-state index contributed by atoms with van der Waals surface area (Å²) in [5, 5.41) is 0. The number of hydrogen-bond donors (Lipinski definition) is 1. The van der Waals surface area contributed by atoms with E-state index < -0.39 is 19.8 Å². The Morgan fingerprint density at radius 2 is 2.82 bits per heavy atom. The maximum atomic E-state index is 7.44. The molecule has 0 aliphatic heterocycles. The van der Waals surface area contributed by atoms with E-state index >= 15 is 0 Å². The number of rotatable bonds is 3. The van der Waals surface area contributed by atoms with Crippen molar-refractivity contribution in [1.82, 2.24) is 4.98 Å². The molecule has 1 aromatic rings. The van der Waals surface area contributed by atoms with Crippen molar-refractivity contribution in [2.75, 3.05) is 12.3 Å². The van der Waals surface area contributed by atoms with E-state index in [2.05, 4.69) is 4.98 Å². The molecule has 1 aromatic heterocycles. The highest BCUT2D eigenvalue weighted by atomic mass is 16.5. The van der Waals surface area contributed by atoms with Crippen molar-refractivity contribution in [3.8, 4) is 5.75 Å². The summed E-state index contributed by atoms with van der Waals surface area (Å²) in [4.78, 5) is 3.65. The van der Waals surface area contributed by atoms with Gasteiger partial charge in [0.15, 0.2) is 0 Å². The molecule has 1 heterocycles. The monoisotopic (exact) mass is 159 g/mol. The predicted molar refractivity (Wildman–Crippen MR) is 44.4 cm³/mol. The Morgan fingerprint density at radius 1 is 1.91 bits per heavy atom. The summed E-state index contributed by atoms with van der Waals surface area (Å²) in [6, 6.07) is 2.43. The van der Waals surface area contributed by atoms with E-state index in [1.165, 1.54) is 18.3 Å². The molecule has 3 nitrogen and oxygen atoms in total. The minimum Gasteiger partial charge on any atom is -0.493 e. The number of nitrogens with zero attached hydrogens (tertiary/aromatic N) is 1. The van der Waals surface area contributed by atoms with Crippen molar-refractivity contribution in [2.24, 2.45) is 0 Å². The van der Waals surface area contributed by atoms with Crippen molar-refractivity contribution in [3.63, 3.8) is 0 Å². The molecule has 0 aliphatic carbocycles. The summed E-state index contributed by atoms with van der Waals surface area (Å²) in [5.74, 6) is -0.0432. The second-order valence-electron chi connectivity index (χ2n) is 1.75. The van der Waals surface area contributed by atoms with Gasteiger partial charge in [0.25, 0.3) is 0 Å². The van der Waals surface area contributed by atoms with E-state index in [0.717, 1.165) is 0 Å². The third-order valence-electron chi connectivity index (χ3n) is 0.972. The molecule has 0 amide bonds. The van der Waals surface area contributed by atoms with Gasteiger partial charge in [-0.2, -0.15) is 0 Å². The number of aromatic nitrogens is 1. The first-order chi connectivity index (χ1) is 7.97. The van der Waals surface area contributed by atoms with Crippen LogP contribution in [0, 0.1) is 0 Å². The fourth-order valence-corrected chi connectivity index (χ4v) is 0.576. The van der Waals surface area contributed by atoms with Gasteiger partial charge in [-0.15, -0.1) is 0 Å². The van der Waals surface area contributed by atoms with E-state index in [1.54, 1.807) is 0 Å². The molecule has 0 atom stereocenters. The molecule has 3 heteroatoms. The molecule has 0 aliphatic rings. The number of nitrogen functional groups attached to an aromatic ring is 1. The number of hydrogen-bond acceptors (Lipinski definition) is 3.